The highest BCUT2D eigenvalue weighted by molar-refractivity contribution is 5.90. The molecule has 1 saturated heterocycles. The minimum atomic E-state index is -0.328. The Morgan fingerprint density at radius 1 is 1.26 bits per heavy atom. The first kappa shape index (κ1) is 17.2. The number of amides is 2. The first-order chi connectivity index (χ1) is 10.9. The third kappa shape index (κ3) is 4.21. The average Bonchev–Trinajstić information content (AvgIpc) is 2.54. The van der Waals surface area contributed by atoms with Crippen molar-refractivity contribution >= 4 is 17.5 Å². The maximum Gasteiger partial charge on any atom is 0.274 e. The van der Waals surface area contributed by atoms with E-state index < -0.39 is 0 Å². The van der Waals surface area contributed by atoms with Gasteiger partial charge in [0.15, 0.2) is 0 Å². The minimum absolute atomic E-state index is 0.0227. The topological polar surface area (TPSA) is 71.4 Å². The van der Waals surface area contributed by atoms with E-state index in [-0.39, 0.29) is 29.6 Å². The summed E-state index contributed by atoms with van der Waals surface area (Å²) in [6.07, 6.45) is 2.32. The number of carbonyl (C=O) groups excluding carboxylic acids is 2. The van der Waals surface area contributed by atoms with Gasteiger partial charge in [0, 0.05) is 25.2 Å². The van der Waals surface area contributed by atoms with Gasteiger partial charge in [0.25, 0.3) is 5.56 Å². The third-order valence-corrected chi connectivity index (χ3v) is 4.42. The summed E-state index contributed by atoms with van der Waals surface area (Å²) in [4.78, 5) is 38.3. The van der Waals surface area contributed by atoms with Gasteiger partial charge in [0.05, 0.1) is 0 Å². The molecule has 1 aliphatic rings. The lowest BCUT2D eigenvalue weighted by Crippen LogP contribution is -2.41. The van der Waals surface area contributed by atoms with Gasteiger partial charge in [0.1, 0.15) is 12.2 Å². The van der Waals surface area contributed by atoms with Crippen LogP contribution in [0, 0.1) is 12.8 Å². The summed E-state index contributed by atoms with van der Waals surface area (Å²) in [5, 5.41) is 2.59. The second-order valence-corrected chi connectivity index (χ2v) is 6.24. The van der Waals surface area contributed by atoms with Gasteiger partial charge in [0.2, 0.25) is 11.8 Å². The van der Waals surface area contributed by atoms with E-state index in [1.807, 2.05) is 4.90 Å². The Labute approximate surface area is 136 Å². The Morgan fingerprint density at radius 2 is 1.91 bits per heavy atom. The summed E-state index contributed by atoms with van der Waals surface area (Å²) in [5.74, 6) is 0.394. The van der Waals surface area contributed by atoms with Gasteiger partial charge in [-0.1, -0.05) is 13.8 Å². The molecule has 1 aromatic heterocycles. The fourth-order valence-electron chi connectivity index (χ4n) is 2.69. The van der Waals surface area contributed by atoms with Crippen LogP contribution in [0.15, 0.2) is 16.9 Å². The van der Waals surface area contributed by atoms with Gasteiger partial charge < -0.3 is 14.8 Å². The molecule has 0 spiro atoms. The number of likely N-dealkylation sites (tertiary alicyclic amines) is 1. The number of hydrogen-bond donors (Lipinski definition) is 1. The standard InChI is InChI=1S/C17H25N3O3/c1-4-15(21)18-14-6-5-13(3)20(17(14)23)11-16(22)19-9-7-12(2)8-10-19/h5-6,12H,4,7-11H2,1-3H3,(H,18,21). The Hall–Kier alpha value is -2.11. The Bertz CT molecular complexity index is 643. The first-order valence-electron chi connectivity index (χ1n) is 8.20. The number of piperidine rings is 1. The van der Waals surface area contributed by atoms with Crippen molar-refractivity contribution < 1.29 is 9.59 Å². The van der Waals surface area contributed by atoms with E-state index in [0.29, 0.717) is 18.0 Å². The lowest BCUT2D eigenvalue weighted by Gasteiger charge is -2.30. The zero-order valence-electron chi connectivity index (χ0n) is 14.1. The molecule has 2 heterocycles. The van der Waals surface area contributed by atoms with Crippen molar-refractivity contribution in [1.82, 2.24) is 9.47 Å². The van der Waals surface area contributed by atoms with Crippen molar-refractivity contribution in [3.05, 3.63) is 28.2 Å². The van der Waals surface area contributed by atoms with Gasteiger partial charge >= 0.3 is 0 Å². The number of rotatable bonds is 4. The number of carbonyl (C=O) groups is 2. The Balaban J connectivity index is 2.15. The second kappa shape index (κ2) is 7.44. The molecule has 1 aromatic rings. The third-order valence-electron chi connectivity index (χ3n) is 4.42. The molecule has 2 amide bonds. The summed E-state index contributed by atoms with van der Waals surface area (Å²) in [6.45, 7) is 7.23. The molecule has 1 fully saturated rings. The van der Waals surface area contributed by atoms with Crippen LogP contribution in [0.4, 0.5) is 5.69 Å². The predicted molar refractivity (Wildman–Crippen MR) is 89.3 cm³/mol. The van der Waals surface area contributed by atoms with Gasteiger partial charge in [-0.25, -0.2) is 0 Å². The molecule has 1 aliphatic heterocycles. The lowest BCUT2D eigenvalue weighted by molar-refractivity contribution is -0.133. The number of aryl methyl sites for hydroxylation is 1. The molecule has 126 valence electrons. The van der Waals surface area contributed by atoms with Crippen LogP contribution in [0.3, 0.4) is 0 Å². The van der Waals surface area contributed by atoms with Crippen LogP contribution < -0.4 is 10.9 Å². The van der Waals surface area contributed by atoms with Crippen LogP contribution in [0.25, 0.3) is 0 Å². The first-order valence-corrected chi connectivity index (χ1v) is 8.20. The van der Waals surface area contributed by atoms with Crippen LogP contribution in [-0.2, 0) is 16.1 Å². The molecule has 0 aromatic carbocycles. The molecule has 0 aliphatic carbocycles. The van der Waals surface area contributed by atoms with E-state index in [2.05, 4.69) is 12.2 Å². The maximum atomic E-state index is 12.5. The number of pyridine rings is 1. The summed E-state index contributed by atoms with van der Waals surface area (Å²) in [7, 11) is 0. The Kier molecular flexibility index (Phi) is 5.58. The average molecular weight is 319 g/mol. The molecule has 0 radical (unpaired) electrons. The van der Waals surface area contributed by atoms with E-state index in [0.717, 1.165) is 25.9 Å². The number of hydrogen-bond acceptors (Lipinski definition) is 3. The largest absolute Gasteiger partial charge is 0.341 e. The normalized spacial score (nSPS) is 15.5. The monoisotopic (exact) mass is 319 g/mol. The molecule has 0 bridgehead atoms. The predicted octanol–water partition coefficient (Wildman–Crippen LogP) is 1.76. The lowest BCUT2D eigenvalue weighted by atomic mass is 9.99. The van der Waals surface area contributed by atoms with Gasteiger partial charge in [-0.2, -0.15) is 0 Å². The molecule has 0 atom stereocenters. The fourth-order valence-corrected chi connectivity index (χ4v) is 2.69. The molecule has 2 rings (SSSR count). The highest BCUT2D eigenvalue weighted by atomic mass is 16.2. The summed E-state index contributed by atoms with van der Waals surface area (Å²) in [5.41, 5.74) is 0.608. The Morgan fingerprint density at radius 3 is 2.52 bits per heavy atom. The SMILES string of the molecule is CCC(=O)Nc1ccc(C)n(CC(=O)N2CCC(C)CC2)c1=O. The summed E-state index contributed by atoms with van der Waals surface area (Å²) < 4.78 is 1.44. The molecule has 0 saturated carbocycles. The van der Waals surface area contributed by atoms with E-state index in [9.17, 15) is 14.4 Å². The van der Waals surface area contributed by atoms with Crippen molar-refractivity contribution in [3.8, 4) is 0 Å². The quantitative estimate of drug-likeness (QED) is 0.919. The highest BCUT2D eigenvalue weighted by Crippen LogP contribution is 2.16. The van der Waals surface area contributed by atoms with E-state index in [1.165, 1.54) is 4.57 Å². The van der Waals surface area contributed by atoms with Gasteiger partial charge in [-0.15, -0.1) is 0 Å². The molecular formula is C17H25N3O3. The van der Waals surface area contributed by atoms with Crippen molar-refractivity contribution in [3.63, 3.8) is 0 Å². The fraction of sp³-hybridized carbons (Fsp3) is 0.588. The number of nitrogens with one attached hydrogen (secondary N) is 1. The van der Waals surface area contributed by atoms with E-state index in [4.69, 9.17) is 0 Å². The number of anilines is 1. The van der Waals surface area contributed by atoms with E-state index in [1.54, 1.807) is 26.0 Å². The molecule has 23 heavy (non-hydrogen) atoms. The van der Waals surface area contributed by atoms with Gasteiger partial charge in [-0.3, -0.25) is 14.4 Å². The molecular weight excluding hydrogens is 294 g/mol. The van der Waals surface area contributed by atoms with Crippen molar-refractivity contribution in [1.29, 1.82) is 0 Å². The maximum absolute atomic E-state index is 12.5. The van der Waals surface area contributed by atoms with Crippen molar-refractivity contribution in [2.24, 2.45) is 5.92 Å². The molecule has 6 heteroatoms. The van der Waals surface area contributed by atoms with Gasteiger partial charge in [-0.05, 0) is 37.8 Å². The highest BCUT2D eigenvalue weighted by Gasteiger charge is 2.21. The van der Waals surface area contributed by atoms with Crippen molar-refractivity contribution in [2.75, 3.05) is 18.4 Å². The zero-order valence-corrected chi connectivity index (χ0v) is 14.1. The molecule has 1 N–H and O–H groups in total. The van der Waals surface area contributed by atoms with Crippen LogP contribution in [0.2, 0.25) is 0 Å². The minimum Gasteiger partial charge on any atom is -0.341 e. The molecule has 6 nitrogen and oxygen atoms in total. The van der Waals surface area contributed by atoms with Crippen LogP contribution in [0.5, 0.6) is 0 Å². The van der Waals surface area contributed by atoms with Crippen LogP contribution >= 0.6 is 0 Å². The summed E-state index contributed by atoms with van der Waals surface area (Å²) in [6, 6.07) is 3.34. The number of nitrogens with zero attached hydrogens (tertiary/aromatic N) is 2. The van der Waals surface area contributed by atoms with Crippen LogP contribution in [-0.4, -0.2) is 34.4 Å². The van der Waals surface area contributed by atoms with Crippen molar-refractivity contribution in [2.45, 2.75) is 46.6 Å². The smallest absolute Gasteiger partial charge is 0.274 e. The van der Waals surface area contributed by atoms with E-state index >= 15 is 0 Å². The second-order valence-electron chi connectivity index (χ2n) is 6.24. The molecule has 0 unspecified atom stereocenters. The zero-order chi connectivity index (χ0) is 17.0. The summed E-state index contributed by atoms with van der Waals surface area (Å²) >= 11 is 0. The van der Waals surface area contributed by atoms with Crippen LogP contribution in [0.1, 0.15) is 38.8 Å². The number of aromatic nitrogens is 1.